The van der Waals surface area contributed by atoms with E-state index in [1.807, 2.05) is 0 Å². The van der Waals surface area contributed by atoms with E-state index in [0.717, 1.165) is 0 Å². The summed E-state index contributed by atoms with van der Waals surface area (Å²) in [5.41, 5.74) is 0.455. The largest absolute Gasteiger partial charge is 0.360 e. The van der Waals surface area contributed by atoms with E-state index in [2.05, 4.69) is 10.5 Å². The van der Waals surface area contributed by atoms with Crippen LogP contribution in [0, 0.1) is 6.92 Å². The summed E-state index contributed by atoms with van der Waals surface area (Å²) in [5, 5.41) is 5.33. The molecule has 1 atom stereocenters. The molecule has 6 nitrogen and oxygen atoms in total. The minimum Gasteiger partial charge on any atom is -0.360 e. The smallest absolute Gasteiger partial charge is 0.243 e. The number of hydrogen-bond acceptors (Lipinski definition) is 5. The van der Waals surface area contributed by atoms with Crippen LogP contribution in [0.25, 0.3) is 0 Å². The maximum atomic E-state index is 12.4. The van der Waals surface area contributed by atoms with Crippen molar-refractivity contribution in [2.45, 2.75) is 24.9 Å². The fourth-order valence-electron chi connectivity index (χ4n) is 1.80. The molecule has 0 saturated heterocycles. The molecule has 2 rings (SSSR count). The van der Waals surface area contributed by atoms with Gasteiger partial charge in [0.05, 0.1) is 15.8 Å². The maximum Gasteiger partial charge on any atom is 0.243 e. The number of halogens is 2. The standard InChI is InChI=1S/C14H14Cl2N2O4S/c1-8-5-13(18-22-8)17-14(19)9(2)23(20,21)7-10-3-4-11(15)12(16)6-10/h3-6,9H,7H2,1-2H3,(H,17,18,19). The summed E-state index contributed by atoms with van der Waals surface area (Å²) >= 11 is 11.7. The third kappa shape index (κ3) is 4.46. The van der Waals surface area contributed by atoms with E-state index >= 15 is 0 Å². The predicted molar refractivity (Wildman–Crippen MR) is 88.4 cm³/mol. The highest BCUT2D eigenvalue weighted by Gasteiger charge is 2.29. The summed E-state index contributed by atoms with van der Waals surface area (Å²) in [4.78, 5) is 12.1. The quantitative estimate of drug-likeness (QED) is 0.864. The van der Waals surface area contributed by atoms with Crippen LogP contribution in [-0.2, 0) is 20.4 Å². The molecule has 0 radical (unpaired) electrons. The Kier molecular flexibility index (Phi) is 5.33. The molecule has 0 aliphatic heterocycles. The van der Waals surface area contributed by atoms with Crippen LogP contribution < -0.4 is 5.32 Å². The van der Waals surface area contributed by atoms with Crippen molar-refractivity contribution in [1.82, 2.24) is 5.16 Å². The van der Waals surface area contributed by atoms with E-state index in [1.165, 1.54) is 25.1 Å². The fraction of sp³-hybridized carbons (Fsp3) is 0.286. The number of nitrogens with one attached hydrogen (secondary N) is 1. The SMILES string of the molecule is Cc1cc(NC(=O)C(C)S(=O)(=O)Cc2ccc(Cl)c(Cl)c2)no1. The van der Waals surface area contributed by atoms with Crippen molar-refractivity contribution < 1.29 is 17.7 Å². The molecular formula is C14H14Cl2N2O4S. The molecule has 2 aromatic rings. The summed E-state index contributed by atoms with van der Waals surface area (Å²) in [7, 11) is -3.73. The van der Waals surface area contributed by atoms with Crippen LogP contribution in [0.5, 0.6) is 0 Å². The fourth-order valence-corrected chi connectivity index (χ4v) is 3.40. The molecule has 124 valence electrons. The molecule has 0 aliphatic carbocycles. The van der Waals surface area contributed by atoms with Crippen LogP contribution >= 0.6 is 23.2 Å². The van der Waals surface area contributed by atoms with Gasteiger partial charge in [-0.3, -0.25) is 4.79 Å². The molecule has 23 heavy (non-hydrogen) atoms. The Bertz CT molecular complexity index is 833. The molecule has 1 aromatic heterocycles. The van der Waals surface area contributed by atoms with Gasteiger partial charge in [0.25, 0.3) is 0 Å². The molecule has 1 heterocycles. The lowest BCUT2D eigenvalue weighted by atomic mass is 10.2. The topological polar surface area (TPSA) is 89.3 Å². The average Bonchev–Trinajstić information content (AvgIpc) is 2.87. The number of aryl methyl sites for hydroxylation is 1. The molecule has 9 heteroatoms. The number of rotatable bonds is 5. The van der Waals surface area contributed by atoms with Gasteiger partial charge >= 0.3 is 0 Å². The molecule has 0 bridgehead atoms. The van der Waals surface area contributed by atoms with Crippen LogP contribution in [0.15, 0.2) is 28.8 Å². The Morgan fingerprint density at radius 3 is 2.57 bits per heavy atom. The van der Waals surface area contributed by atoms with E-state index in [0.29, 0.717) is 16.3 Å². The zero-order chi connectivity index (χ0) is 17.2. The van der Waals surface area contributed by atoms with Gasteiger partial charge in [-0.05, 0) is 31.5 Å². The Hall–Kier alpha value is -1.57. The highest BCUT2D eigenvalue weighted by atomic mass is 35.5. The number of hydrogen-bond donors (Lipinski definition) is 1. The maximum absolute atomic E-state index is 12.4. The molecule has 0 saturated carbocycles. The Labute approximate surface area is 143 Å². The van der Waals surface area contributed by atoms with Crippen LogP contribution in [0.1, 0.15) is 18.2 Å². The summed E-state index contributed by atoms with van der Waals surface area (Å²) in [5.74, 6) is -0.329. The minimum absolute atomic E-state index is 0.170. The van der Waals surface area contributed by atoms with Gasteiger partial charge in [-0.2, -0.15) is 0 Å². The van der Waals surface area contributed by atoms with Gasteiger partial charge < -0.3 is 9.84 Å². The predicted octanol–water partition coefficient (Wildman–Crippen LogP) is 3.23. The Balaban J connectivity index is 2.11. The number of nitrogens with zero attached hydrogens (tertiary/aromatic N) is 1. The highest BCUT2D eigenvalue weighted by Crippen LogP contribution is 2.24. The van der Waals surface area contributed by atoms with Crippen molar-refractivity contribution in [3.05, 3.63) is 45.6 Å². The van der Waals surface area contributed by atoms with Crippen molar-refractivity contribution >= 4 is 44.8 Å². The number of carbonyl (C=O) groups is 1. The molecule has 1 unspecified atom stereocenters. The van der Waals surface area contributed by atoms with Crippen molar-refractivity contribution in [3.63, 3.8) is 0 Å². The first-order chi connectivity index (χ1) is 10.7. The second-order valence-electron chi connectivity index (χ2n) is 5.01. The van der Waals surface area contributed by atoms with Gasteiger partial charge in [0.15, 0.2) is 15.7 Å². The molecule has 1 amide bonds. The average molecular weight is 377 g/mol. The van der Waals surface area contributed by atoms with Crippen LogP contribution in [-0.4, -0.2) is 24.7 Å². The van der Waals surface area contributed by atoms with Crippen LogP contribution in [0.4, 0.5) is 5.82 Å². The molecule has 1 aromatic carbocycles. The first kappa shape index (κ1) is 17.8. The summed E-state index contributed by atoms with van der Waals surface area (Å²) in [6.45, 7) is 2.97. The van der Waals surface area contributed by atoms with E-state index in [4.69, 9.17) is 27.7 Å². The first-order valence-corrected chi connectivity index (χ1v) is 9.06. The van der Waals surface area contributed by atoms with Gasteiger partial charge in [-0.25, -0.2) is 8.42 Å². The van der Waals surface area contributed by atoms with Crippen molar-refractivity contribution in [3.8, 4) is 0 Å². The minimum atomic E-state index is -3.73. The number of aromatic nitrogens is 1. The monoisotopic (exact) mass is 376 g/mol. The van der Waals surface area contributed by atoms with Crippen LogP contribution in [0.2, 0.25) is 10.0 Å². The van der Waals surface area contributed by atoms with Crippen LogP contribution in [0.3, 0.4) is 0 Å². The van der Waals surface area contributed by atoms with Gasteiger partial charge in [0.1, 0.15) is 11.0 Å². The normalized spacial score (nSPS) is 12.9. The lowest BCUT2D eigenvalue weighted by Crippen LogP contribution is -2.33. The van der Waals surface area contributed by atoms with Crippen molar-refractivity contribution in [2.24, 2.45) is 0 Å². The second kappa shape index (κ2) is 6.90. The number of carbonyl (C=O) groups excluding carboxylic acids is 1. The zero-order valence-corrected chi connectivity index (χ0v) is 14.7. The number of sulfone groups is 1. The first-order valence-electron chi connectivity index (χ1n) is 6.59. The summed E-state index contributed by atoms with van der Waals surface area (Å²) < 4.78 is 29.5. The summed E-state index contributed by atoms with van der Waals surface area (Å²) in [6, 6.07) is 6.03. The third-order valence-corrected chi connectivity index (χ3v) is 5.91. The summed E-state index contributed by atoms with van der Waals surface area (Å²) in [6.07, 6.45) is 0. The number of anilines is 1. The molecule has 0 spiro atoms. The lowest BCUT2D eigenvalue weighted by Gasteiger charge is -2.12. The van der Waals surface area contributed by atoms with Gasteiger partial charge in [0.2, 0.25) is 5.91 Å². The molecule has 0 aliphatic rings. The molecule has 1 N–H and O–H groups in total. The van der Waals surface area contributed by atoms with E-state index < -0.39 is 21.0 Å². The Morgan fingerprint density at radius 1 is 1.30 bits per heavy atom. The molecular weight excluding hydrogens is 363 g/mol. The van der Waals surface area contributed by atoms with E-state index in [9.17, 15) is 13.2 Å². The van der Waals surface area contributed by atoms with Gasteiger partial charge in [-0.1, -0.05) is 34.4 Å². The van der Waals surface area contributed by atoms with Gasteiger partial charge in [-0.15, -0.1) is 0 Å². The highest BCUT2D eigenvalue weighted by molar-refractivity contribution is 7.92. The third-order valence-electron chi connectivity index (χ3n) is 3.14. The van der Waals surface area contributed by atoms with E-state index in [-0.39, 0.29) is 16.6 Å². The molecule has 0 fully saturated rings. The van der Waals surface area contributed by atoms with Crippen molar-refractivity contribution in [1.29, 1.82) is 0 Å². The van der Waals surface area contributed by atoms with Gasteiger partial charge in [0, 0.05) is 6.07 Å². The van der Waals surface area contributed by atoms with E-state index in [1.54, 1.807) is 13.0 Å². The number of benzene rings is 1. The number of amides is 1. The Morgan fingerprint density at radius 2 is 2.00 bits per heavy atom. The van der Waals surface area contributed by atoms with Crippen molar-refractivity contribution in [2.75, 3.05) is 5.32 Å². The zero-order valence-electron chi connectivity index (χ0n) is 12.3. The lowest BCUT2D eigenvalue weighted by molar-refractivity contribution is -0.115. The second-order valence-corrected chi connectivity index (χ2v) is 8.15.